The lowest BCUT2D eigenvalue weighted by molar-refractivity contribution is 0.320. The number of aliphatic hydroxyl groups excluding tert-OH is 1. The van der Waals surface area contributed by atoms with Gasteiger partial charge in [-0.25, -0.2) is 0 Å². The molecule has 0 spiro atoms. The molecule has 0 aliphatic heterocycles. The van der Waals surface area contributed by atoms with Gasteiger partial charge in [0.2, 0.25) is 0 Å². The van der Waals surface area contributed by atoms with Crippen molar-refractivity contribution in [3.63, 3.8) is 0 Å². The molecule has 0 unspecified atom stereocenters. The molecule has 2 aromatic rings. The van der Waals surface area contributed by atoms with Crippen molar-refractivity contribution in [2.75, 3.05) is 6.61 Å². The van der Waals surface area contributed by atoms with E-state index in [4.69, 9.17) is 0 Å². The summed E-state index contributed by atoms with van der Waals surface area (Å²) in [6.07, 6.45) is 2.10. The zero-order valence-corrected chi connectivity index (χ0v) is 11.6. The van der Waals surface area contributed by atoms with Crippen LogP contribution in [0.1, 0.15) is 18.7 Å². The molecule has 1 nitrogen and oxygen atoms in total. The SMILES string of the molecule is CC(C)C(=Cc1cc(-c2cccs2)cs1)CO. The summed E-state index contributed by atoms with van der Waals surface area (Å²) in [6, 6.07) is 6.39. The zero-order valence-electron chi connectivity index (χ0n) is 10.0. The molecule has 0 fully saturated rings. The molecule has 17 heavy (non-hydrogen) atoms. The quantitative estimate of drug-likeness (QED) is 0.861. The third kappa shape index (κ3) is 3.06. The van der Waals surface area contributed by atoms with E-state index >= 15 is 0 Å². The second kappa shape index (κ2) is 5.63. The maximum Gasteiger partial charge on any atom is 0.0647 e. The number of rotatable bonds is 4. The van der Waals surface area contributed by atoms with Crippen molar-refractivity contribution in [1.82, 2.24) is 0 Å². The van der Waals surface area contributed by atoms with E-state index in [0.29, 0.717) is 5.92 Å². The fourth-order valence-electron chi connectivity index (χ4n) is 1.58. The topological polar surface area (TPSA) is 20.2 Å². The van der Waals surface area contributed by atoms with Crippen LogP contribution in [0.4, 0.5) is 0 Å². The molecule has 0 aliphatic rings. The lowest BCUT2D eigenvalue weighted by Crippen LogP contribution is -1.98. The minimum atomic E-state index is 0.143. The van der Waals surface area contributed by atoms with Gasteiger partial charge in [-0.1, -0.05) is 19.9 Å². The first-order chi connectivity index (χ1) is 8.20. The zero-order chi connectivity index (χ0) is 12.3. The van der Waals surface area contributed by atoms with Crippen molar-refractivity contribution in [2.24, 2.45) is 5.92 Å². The van der Waals surface area contributed by atoms with Crippen LogP contribution in [0.15, 0.2) is 34.5 Å². The number of aliphatic hydroxyl groups is 1. The van der Waals surface area contributed by atoms with Crippen LogP contribution in [0.25, 0.3) is 16.5 Å². The Hall–Kier alpha value is -0.900. The smallest absolute Gasteiger partial charge is 0.0647 e. The largest absolute Gasteiger partial charge is 0.392 e. The predicted molar refractivity (Wildman–Crippen MR) is 77.5 cm³/mol. The standard InChI is InChI=1S/C14H16OS2/c1-10(2)11(8-15)6-13-7-12(9-17-13)14-4-3-5-16-14/h3-7,9-10,15H,8H2,1-2H3. The van der Waals surface area contributed by atoms with Crippen LogP contribution in [0, 0.1) is 5.92 Å². The fourth-order valence-corrected chi connectivity index (χ4v) is 3.24. The lowest BCUT2D eigenvalue weighted by Gasteiger charge is -2.06. The van der Waals surface area contributed by atoms with Crippen molar-refractivity contribution in [2.45, 2.75) is 13.8 Å². The molecule has 0 amide bonds. The van der Waals surface area contributed by atoms with Crippen molar-refractivity contribution >= 4 is 28.7 Å². The molecule has 0 aromatic carbocycles. The highest BCUT2D eigenvalue weighted by Crippen LogP contribution is 2.30. The van der Waals surface area contributed by atoms with Gasteiger partial charge in [-0.2, -0.15) is 0 Å². The molecule has 2 aromatic heterocycles. The van der Waals surface area contributed by atoms with Crippen LogP contribution in [0.5, 0.6) is 0 Å². The summed E-state index contributed by atoms with van der Waals surface area (Å²) in [5, 5.41) is 13.6. The maximum absolute atomic E-state index is 9.29. The van der Waals surface area contributed by atoms with Gasteiger partial charge in [0.05, 0.1) is 6.61 Å². The number of hydrogen-bond donors (Lipinski definition) is 1. The van der Waals surface area contributed by atoms with E-state index < -0.39 is 0 Å². The van der Waals surface area contributed by atoms with Crippen LogP contribution < -0.4 is 0 Å². The highest BCUT2D eigenvalue weighted by molar-refractivity contribution is 7.15. The first-order valence-corrected chi connectivity index (χ1v) is 7.40. The summed E-state index contributed by atoms with van der Waals surface area (Å²) in [4.78, 5) is 2.52. The second-order valence-electron chi connectivity index (χ2n) is 4.25. The van der Waals surface area contributed by atoms with Gasteiger partial charge in [-0.3, -0.25) is 0 Å². The van der Waals surface area contributed by atoms with Gasteiger partial charge in [0, 0.05) is 15.3 Å². The monoisotopic (exact) mass is 264 g/mol. The van der Waals surface area contributed by atoms with Crippen molar-refractivity contribution in [1.29, 1.82) is 0 Å². The van der Waals surface area contributed by atoms with Crippen LogP contribution in [0.3, 0.4) is 0 Å². The number of thiophene rings is 2. The van der Waals surface area contributed by atoms with Gasteiger partial charge in [-0.05, 0) is 40.5 Å². The average molecular weight is 264 g/mol. The van der Waals surface area contributed by atoms with E-state index in [1.807, 2.05) is 0 Å². The van der Waals surface area contributed by atoms with Gasteiger partial charge in [0.1, 0.15) is 0 Å². The molecule has 0 saturated carbocycles. The first kappa shape index (κ1) is 12.6. The Labute approximate surface area is 110 Å². The van der Waals surface area contributed by atoms with Crippen molar-refractivity contribution < 1.29 is 5.11 Å². The highest BCUT2D eigenvalue weighted by Gasteiger charge is 2.05. The minimum absolute atomic E-state index is 0.143. The Kier molecular flexibility index (Phi) is 4.15. The summed E-state index contributed by atoms with van der Waals surface area (Å²) < 4.78 is 0. The molecule has 1 N–H and O–H groups in total. The van der Waals surface area contributed by atoms with E-state index in [1.165, 1.54) is 15.3 Å². The van der Waals surface area contributed by atoms with E-state index in [-0.39, 0.29) is 6.61 Å². The molecule has 2 heterocycles. The molecule has 2 rings (SSSR count). The van der Waals surface area contributed by atoms with E-state index in [1.54, 1.807) is 22.7 Å². The summed E-state index contributed by atoms with van der Waals surface area (Å²) >= 11 is 3.48. The van der Waals surface area contributed by atoms with Crippen molar-refractivity contribution in [3.8, 4) is 10.4 Å². The van der Waals surface area contributed by atoms with Gasteiger partial charge >= 0.3 is 0 Å². The Morgan fingerprint density at radius 1 is 1.41 bits per heavy atom. The summed E-state index contributed by atoms with van der Waals surface area (Å²) in [5.74, 6) is 0.396. The fraction of sp³-hybridized carbons (Fsp3) is 0.286. The van der Waals surface area contributed by atoms with Crippen LogP contribution in [0.2, 0.25) is 0 Å². The Morgan fingerprint density at radius 2 is 2.24 bits per heavy atom. The second-order valence-corrected chi connectivity index (χ2v) is 6.14. The predicted octanol–water partition coefficient (Wildman–Crippen LogP) is 4.51. The molecule has 90 valence electrons. The Bertz CT molecular complexity index is 492. The molecule has 0 atom stereocenters. The summed E-state index contributed by atoms with van der Waals surface area (Å²) in [7, 11) is 0. The normalized spacial score (nSPS) is 12.4. The van der Waals surface area contributed by atoms with E-state index in [9.17, 15) is 5.11 Å². The lowest BCUT2D eigenvalue weighted by atomic mass is 10.0. The Balaban J connectivity index is 2.24. The maximum atomic E-state index is 9.29. The third-order valence-electron chi connectivity index (χ3n) is 2.68. The molecule has 3 heteroatoms. The average Bonchev–Trinajstić information content (AvgIpc) is 2.95. The molecular weight excluding hydrogens is 248 g/mol. The summed E-state index contributed by atoms with van der Waals surface area (Å²) in [6.45, 7) is 4.36. The van der Waals surface area contributed by atoms with Crippen LogP contribution in [-0.2, 0) is 0 Å². The van der Waals surface area contributed by atoms with Crippen LogP contribution >= 0.6 is 22.7 Å². The van der Waals surface area contributed by atoms with Crippen LogP contribution in [-0.4, -0.2) is 11.7 Å². The van der Waals surface area contributed by atoms with Gasteiger partial charge in [-0.15, -0.1) is 22.7 Å². The summed E-state index contributed by atoms with van der Waals surface area (Å²) in [5.41, 5.74) is 2.36. The molecule has 0 aliphatic carbocycles. The van der Waals surface area contributed by atoms with Gasteiger partial charge in [0.25, 0.3) is 0 Å². The Morgan fingerprint density at radius 3 is 2.82 bits per heavy atom. The molecular formula is C14H16OS2. The third-order valence-corrected chi connectivity index (χ3v) is 4.48. The van der Waals surface area contributed by atoms with Crippen molar-refractivity contribution in [3.05, 3.63) is 39.4 Å². The van der Waals surface area contributed by atoms with E-state index in [0.717, 1.165) is 5.57 Å². The van der Waals surface area contributed by atoms with E-state index in [2.05, 4.69) is 48.9 Å². The van der Waals surface area contributed by atoms with Gasteiger partial charge < -0.3 is 5.11 Å². The van der Waals surface area contributed by atoms with Gasteiger partial charge in [0.15, 0.2) is 0 Å². The molecule has 0 radical (unpaired) electrons. The minimum Gasteiger partial charge on any atom is -0.392 e. The molecule has 0 saturated heterocycles. The highest BCUT2D eigenvalue weighted by atomic mass is 32.1. The number of hydrogen-bond acceptors (Lipinski definition) is 3. The molecule has 0 bridgehead atoms. The first-order valence-electron chi connectivity index (χ1n) is 5.64.